The molecule has 3 heteroatoms. The van der Waals surface area contributed by atoms with Crippen LogP contribution in [0.25, 0.3) is 0 Å². The van der Waals surface area contributed by atoms with Gasteiger partial charge in [0.05, 0.1) is 6.61 Å². The van der Waals surface area contributed by atoms with Gasteiger partial charge in [0.25, 0.3) is 0 Å². The van der Waals surface area contributed by atoms with Gasteiger partial charge in [-0.05, 0) is 24.1 Å². The minimum atomic E-state index is -0.319. The molecule has 0 heterocycles. The molecule has 1 aromatic carbocycles. The van der Waals surface area contributed by atoms with E-state index in [-0.39, 0.29) is 5.82 Å². The van der Waals surface area contributed by atoms with Crippen LogP contribution in [0, 0.1) is 11.7 Å². The zero-order valence-corrected chi connectivity index (χ0v) is 8.64. The van der Waals surface area contributed by atoms with E-state index in [1.807, 2.05) is 0 Å². The SMILES string of the molecule is CC(C)COc1ccc(F)c(S)c1. The third-order valence-corrected chi connectivity index (χ3v) is 1.84. The Kier molecular flexibility index (Phi) is 3.60. The van der Waals surface area contributed by atoms with Crippen molar-refractivity contribution in [2.24, 2.45) is 5.92 Å². The normalized spacial score (nSPS) is 10.5. The van der Waals surface area contributed by atoms with Gasteiger partial charge in [0.15, 0.2) is 0 Å². The fraction of sp³-hybridized carbons (Fsp3) is 0.400. The number of hydrogen-bond acceptors (Lipinski definition) is 2. The second-order valence-electron chi connectivity index (χ2n) is 3.32. The van der Waals surface area contributed by atoms with Crippen LogP contribution in [0.4, 0.5) is 4.39 Å². The zero-order valence-electron chi connectivity index (χ0n) is 7.75. The Morgan fingerprint density at radius 3 is 2.69 bits per heavy atom. The molecule has 0 amide bonds. The van der Waals surface area contributed by atoms with Crippen LogP contribution in [0.3, 0.4) is 0 Å². The molecule has 1 rings (SSSR count). The monoisotopic (exact) mass is 200 g/mol. The van der Waals surface area contributed by atoms with Gasteiger partial charge in [-0.25, -0.2) is 4.39 Å². The molecule has 0 aliphatic heterocycles. The number of rotatable bonds is 3. The molecular weight excluding hydrogens is 187 g/mol. The van der Waals surface area contributed by atoms with Crippen molar-refractivity contribution in [3.05, 3.63) is 24.0 Å². The summed E-state index contributed by atoms with van der Waals surface area (Å²) in [6.45, 7) is 4.76. The van der Waals surface area contributed by atoms with Gasteiger partial charge in [-0.3, -0.25) is 0 Å². The van der Waals surface area contributed by atoms with Crippen LogP contribution in [0.15, 0.2) is 23.1 Å². The minimum absolute atomic E-state index is 0.319. The maximum Gasteiger partial charge on any atom is 0.136 e. The largest absolute Gasteiger partial charge is 0.493 e. The minimum Gasteiger partial charge on any atom is -0.493 e. The molecule has 0 saturated carbocycles. The second kappa shape index (κ2) is 4.51. The van der Waals surface area contributed by atoms with E-state index in [4.69, 9.17) is 4.74 Å². The molecule has 0 saturated heterocycles. The number of hydrogen-bond donors (Lipinski definition) is 1. The van der Waals surface area contributed by atoms with Crippen LogP contribution in [0.1, 0.15) is 13.8 Å². The molecule has 0 bridgehead atoms. The van der Waals surface area contributed by atoms with Gasteiger partial charge < -0.3 is 4.74 Å². The van der Waals surface area contributed by atoms with E-state index in [9.17, 15) is 4.39 Å². The summed E-state index contributed by atoms with van der Waals surface area (Å²) >= 11 is 3.96. The van der Waals surface area contributed by atoms with Crippen molar-refractivity contribution in [2.75, 3.05) is 6.61 Å². The van der Waals surface area contributed by atoms with E-state index in [0.29, 0.717) is 23.2 Å². The number of ether oxygens (including phenoxy) is 1. The molecule has 0 spiro atoms. The Hall–Kier alpha value is -0.700. The van der Waals surface area contributed by atoms with Crippen molar-refractivity contribution in [1.29, 1.82) is 0 Å². The molecule has 0 aliphatic carbocycles. The fourth-order valence-corrected chi connectivity index (χ4v) is 1.05. The predicted octanol–water partition coefficient (Wildman–Crippen LogP) is 3.15. The molecular formula is C10H13FOS. The number of benzene rings is 1. The first-order valence-corrected chi connectivity index (χ1v) is 4.65. The molecule has 1 nitrogen and oxygen atoms in total. The lowest BCUT2D eigenvalue weighted by atomic mass is 10.2. The Bertz CT molecular complexity index is 286. The quantitative estimate of drug-likeness (QED) is 0.737. The lowest BCUT2D eigenvalue weighted by Crippen LogP contribution is -2.04. The Labute approximate surface area is 83.3 Å². The summed E-state index contributed by atoms with van der Waals surface area (Å²) in [5.41, 5.74) is 0. The molecule has 13 heavy (non-hydrogen) atoms. The Morgan fingerprint density at radius 1 is 1.46 bits per heavy atom. The first-order chi connectivity index (χ1) is 6.09. The molecule has 1 aromatic rings. The molecule has 0 fully saturated rings. The standard InChI is InChI=1S/C10H13FOS/c1-7(2)6-12-8-3-4-9(11)10(13)5-8/h3-5,7,13H,6H2,1-2H3. The van der Waals surface area contributed by atoms with Gasteiger partial charge in [-0.15, -0.1) is 12.6 Å². The van der Waals surface area contributed by atoms with Crippen LogP contribution in [0.5, 0.6) is 5.75 Å². The van der Waals surface area contributed by atoms with E-state index in [1.54, 1.807) is 12.1 Å². The summed E-state index contributed by atoms with van der Waals surface area (Å²) in [5.74, 6) is 0.814. The van der Waals surface area contributed by atoms with Crippen LogP contribution >= 0.6 is 12.6 Å². The fourth-order valence-electron chi connectivity index (χ4n) is 0.845. The van der Waals surface area contributed by atoms with Gasteiger partial charge in [0.1, 0.15) is 11.6 Å². The molecule has 72 valence electrons. The highest BCUT2D eigenvalue weighted by Crippen LogP contribution is 2.19. The van der Waals surface area contributed by atoms with E-state index in [1.165, 1.54) is 6.07 Å². The lowest BCUT2D eigenvalue weighted by Gasteiger charge is -2.08. The van der Waals surface area contributed by atoms with E-state index < -0.39 is 0 Å². The zero-order chi connectivity index (χ0) is 9.84. The third-order valence-electron chi connectivity index (χ3n) is 1.50. The van der Waals surface area contributed by atoms with Crippen molar-refractivity contribution >= 4 is 12.6 Å². The van der Waals surface area contributed by atoms with Crippen molar-refractivity contribution < 1.29 is 9.13 Å². The van der Waals surface area contributed by atoms with Gasteiger partial charge >= 0.3 is 0 Å². The van der Waals surface area contributed by atoms with Crippen molar-refractivity contribution in [1.82, 2.24) is 0 Å². The summed E-state index contributed by atoms with van der Waals surface area (Å²) < 4.78 is 18.2. The maximum atomic E-state index is 12.8. The van der Waals surface area contributed by atoms with Crippen molar-refractivity contribution in [2.45, 2.75) is 18.7 Å². The van der Waals surface area contributed by atoms with Gasteiger partial charge in [-0.2, -0.15) is 0 Å². The maximum absolute atomic E-state index is 12.8. The average molecular weight is 200 g/mol. The first kappa shape index (κ1) is 10.4. The molecule has 0 unspecified atom stereocenters. The van der Waals surface area contributed by atoms with Crippen LogP contribution in [-0.2, 0) is 0 Å². The van der Waals surface area contributed by atoms with Crippen molar-refractivity contribution in [3.63, 3.8) is 0 Å². The van der Waals surface area contributed by atoms with Gasteiger partial charge in [0, 0.05) is 4.90 Å². The third kappa shape index (κ3) is 3.27. The summed E-state index contributed by atoms with van der Waals surface area (Å²) in [6.07, 6.45) is 0. The highest BCUT2D eigenvalue weighted by atomic mass is 32.1. The molecule has 0 aliphatic rings. The molecule has 0 atom stereocenters. The van der Waals surface area contributed by atoms with E-state index >= 15 is 0 Å². The van der Waals surface area contributed by atoms with E-state index in [2.05, 4.69) is 26.5 Å². The van der Waals surface area contributed by atoms with Gasteiger partial charge in [-0.1, -0.05) is 13.8 Å². The molecule has 0 N–H and O–H groups in total. The van der Waals surface area contributed by atoms with E-state index in [0.717, 1.165) is 0 Å². The van der Waals surface area contributed by atoms with Crippen LogP contribution < -0.4 is 4.74 Å². The highest BCUT2D eigenvalue weighted by Gasteiger charge is 2.01. The second-order valence-corrected chi connectivity index (χ2v) is 3.80. The average Bonchev–Trinajstić information content (AvgIpc) is 2.07. The topological polar surface area (TPSA) is 9.23 Å². The number of thiol groups is 1. The molecule has 0 aromatic heterocycles. The first-order valence-electron chi connectivity index (χ1n) is 4.21. The summed E-state index contributed by atoms with van der Waals surface area (Å²) in [4.78, 5) is 0.321. The van der Waals surface area contributed by atoms with Gasteiger partial charge in [0.2, 0.25) is 0 Å². The van der Waals surface area contributed by atoms with Crippen LogP contribution in [0.2, 0.25) is 0 Å². The summed E-state index contributed by atoms with van der Waals surface area (Å²) in [6, 6.07) is 4.55. The highest BCUT2D eigenvalue weighted by molar-refractivity contribution is 7.80. The smallest absolute Gasteiger partial charge is 0.136 e. The Morgan fingerprint density at radius 2 is 2.15 bits per heavy atom. The van der Waals surface area contributed by atoms with Crippen molar-refractivity contribution in [3.8, 4) is 5.75 Å². The predicted molar refractivity (Wildman–Crippen MR) is 54.0 cm³/mol. The lowest BCUT2D eigenvalue weighted by molar-refractivity contribution is 0.270. The summed E-state index contributed by atoms with van der Waals surface area (Å²) in [7, 11) is 0. The summed E-state index contributed by atoms with van der Waals surface area (Å²) in [5, 5.41) is 0. The number of halogens is 1. The Balaban J connectivity index is 2.63. The van der Waals surface area contributed by atoms with Crippen LogP contribution in [-0.4, -0.2) is 6.61 Å². The molecule has 0 radical (unpaired) electrons.